The Hall–Kier alpha value is -3.26. The first-order valence-electron chi connectivity index (χ1n) is 8.29. The number of anilines is 2. The fourth-order valence-electron chi connectivity index (χ4n) is 1.99. The molecular formula is C16H18N6O6S2. The van der Waals surface area contributed by atoms with Crippen molar-refractivity contribution in [3.63, 3.8) is 0 Å². The van der Waals surface area contributed by atoms with Gasteiger partial charge in [-0.15, -0.1) is 0 Å². The molecule has 0 saturated heterocycles. The number of rotatable bonds is 8. The molecule has 14 heteroatoms. The first kappa shape index (κ1) is 23.0. The maximum absolute atomic E-state index is 11.8. The Bertz CT molecular complexity index is 1010. The van der Waals surface area contributed by atoms with Crippen LogP contribution in [0, 0.1) is 0 Å². The number of aromatic hydroxyl groups is 2. The molecule has 2 heterocycles. The lowest BCUT2D eigenvalue weighted by Crippen LogP contribution is -2.19. The van der Waals surface area contributed by atoms with E-state index < -0.39 is 34.7 Å². The second-order valence-corrected chi connectivity index (χ2v) is 7.61. The van der Waals surface area contributed by atoms with E-state index >= 15 is 0 Å². The van der Waals surface area contributed by atoms with E-state index in [-0.39, 0.29) is 21.7 Å². The molecule has 0 radical (unpaired) electrons. The van der Waals surface area contributed by atoms with Crippen LogP contribution in [-0.4, -0.2) is 53.5 Å². The van der Waals surface area contributed by atoms with Crippen molar-refractivity contribution >= 4 is 46.7 Å². The van der Waals surface area contributed by atoms with Crippen molar-refractivity contribution in [3.05, 3.63) is 32.9 Å². The third-order valence-electron chi connectivity index (χ3n) is 3.16. The Morgan fingerprint density at radius 1 is 0.867 bits per heavy atom. The summed E-state index contributed by atoms with van der Waals surface area (Å²) < 4.78 is 0. The minimum Gasteiger partial charge on any atom is -0.492 e. The van der Waals surface area contributed by atoms with E-state index in [1.54, 1.807) is 12.2 Å². The number of H-pyrrole nitrogens is 2. The molecule has 2 aromatic heterocycles. The zero-order valence-corrected chi connectivity index (χ0v) is 17.4. The number of hydrogen-bond acceptors (Lipinski definition) is 10. The molecule has 0 bridgehead atoms. The van der Waals surface area contributed by atoms with Gasteiger partial charge in [-0.2, -0.15) is 9.97 Å². The van der Waals surface area contributed by atoms with E-state index in [9.17, 15) is 29.4 Å². The summed E-state index contributed by atoms with van der Waals surface area (Å²) in [5.74, 6) is -1.33. The number of aromatic amines is 2. The number of nitrogens with zero attached hydrogens (tertiary/aromatic N) is 2. The maximum Gasteiger partial charge on any atom is 0.279 e. The molecule has 2 amide bonds. The molecule has 0 spiro atoms. The van der Waals surface area contributed by atoms with Crippen LogP contribution in [0.4, 0.5) is 11.4 Å². The minimum atomic E-state index is -0.669. The van der Waals surface area contributed by atoms with Gasteiger partial charge in [0, 0.05) is 25.4 Å². The summed E-state index contributed by atoms with van der Waals surface area (Å²) in [5.41, 5.74) is -1.96. The van der Waals surface area contributed by atoms with Crippen LogP contribution in [0.3, 0.4) is 0 Å². The van der Waals surface area contributed by atoms with Gasteiger partial charge >= 0.3 is 0 Å². The van der Waals surface area contributed by atoms with Gasteiger partial charge in [-0.25, -0.2) is 0 Å². The van der Waals surface area contributed by atoms with E-state index in [1.807, 2.05) is 0 Å². The summed E-state index contributed by atoms with van der Waals surface area (Å²) in [7, 11) is 0. The van der Waals surface area contributed by atoms with Crippen molar-refractivity contribution in [2.24, 2.45) is 0 Å². The molecule has 0 aromatic carbocycles. The molecule has 0 saturated carbocycles. The Balaban J connectivity index is 1.88. The van der Waals surface area contributed by atoms with Gasteiger partial charge in [-0.1, -0.05) is 35.7 Å². The molecule has 2 aromatic rings. The van der Waals surface area contributed by atoms with Crippen LogP contribution >= 0.6 is 23.5 Å². The van der Waals surface area contributed by atoms with Crippen molar-refractivity contribution in [3.8, 4) is 11.8 Å². The van der Waals surface area contributed by atoms with Crippen molar-refractivity contribution in [1.29, 1.82) is 0 Å². The highest BCUT2D eigenvalue weighted by molar-refractivity contribution is 7.99. The Labute approximate surface area is 177 Å². The fourth-order valence-corrected chi connectivity index (χ4v) is 3.40. The molecular weight excluding hydrogens is 436 g/mol. The van der Waals surface area contributed by atoms with Crippen LogP contribution in [0.1, 0.15) is 13.8 Å². The Morgan fingerprint density at radius 3 is 1.53 bits per heavy atom. The second-order valence-electron chi connectivity index (χ2n) is 5.60. The molecule has 0 aliphatic carbocycles. The summed E-state index contributed by atoms with van der Waals surface area (Å²) in [6, 6.07) is 0. The standard InChI is InChI=1S/C16H18N6O6S2/c1-7(23)17-9-11(25)19-15(20-12(9)26)29-5-3-4-6-30-16-21-13(27)10(14(28)22-16)18-8(2)24/h3-4H,5-6H2,1-2H3,(H,17,23)(H,18,24)(H2,19,20,25,26)(H2,21,22,27,28). The van der Waals surface area contributed by atoms with Gasteiger partial charge in [0.25, 0.3) is 11.1 Å². The van der Waals surface area contributed by atoms with Gasteiger partial charge < -0.3 is 20.8 Å². The lowest BCUT2D eigenvalue weighted by Gasteiger charge is -2.05. The zero-order valence-electron chi connectivity index (χ0n) is 15.8. The van der Waals surface area contributed by atoms with Crippen LogP contribution in [0.5, 0.6) is 11.8 Å². The molecule has 0 atom stereocenters. The molecule has 2 rings (SSSR count). The van der Waals surface area contributed by atoms with Crippen molar-refractivity contribution in [2.75, 3.05) is 22.1 Å². The third kappa shape index (κ3) is 6.66. The highest BCUT2D eigenvalue weighted by atomic mass is 32.2. The van der Waals surface area contributed by atoms with Crippen LogP contribution < -0.4 is 21.8 Å². The fraction of sp³-hybridized carbons (Fsp3) is 0.250. The van der Waals surface area contributed by atoms with Gasteiger partial charge in [0.05, 0.1) is 0 Å². The number of amides is 2. The van der Waals surface area contributed by atoms with E-state index in [0.29, 0.717) is 11.5 Å². The smallest absolute Gasteiger partial charge is 0.279 e. The van der Waals surface area contributed by atoms with E-state index in [1.165, 1.54) is 13.8 Å². The largest absolute Gasteiger partial charge is 0.492 e. The van der Waals surface area contributed by atoms with Gasteiger partial charge in [0.15, 0.2) is 21.7 Å². The van der Waals surface area contributed by atoms with Crippen LogP contribution in [-0.2, 0) is 9.59 Å². The lowest BCUT2D eigenvalue weighted by molar-refractivity contribution is -0.115. The Morgan fingerprint density at radius 2 is 1.23 bits per heavy atom. The summed E-state index contributed by atoms with van der Waals surface area (Å²) in [6.45, 7) is 2.41. The van der Waals surface area contributed by atoms with Gasteiger partial charge in [0.1, 0.15) is 0 Å². The molecule has 0 aliphatic rings. The molecule has 0 aliphatic heterocycles. The van der Waals surface area contributed by atoms with Gasteiger partial charge in [0.2, 0.25) is 23.6 Å². The quantitative estimate of drug-likeness (QED) is 0.187. The molecule has 160 valence electrons. The SMILES string of the molecule is CC(=O)Nc1c(O)nc(SCC=CCSc2nc(O)c(NC(C)=O)c(=O)[nH]2)[nH]c1=O. The average molecular weight is 454 g/mol. The number of aromatic nitrogens is 4. The van der Waals surface area contributed by atoms with E-state index in [2.05, 4.69) is 30.6 Å². The van der Waals surface area contributed by atoms with E-state index in [0.717, 1.165) is 23.5 Å². The molecule has 6 N–H and O–H groups in total. The van der Waals surface area contributed by atoms with Gasteiger partial charge in [-0.3, -0.25) is 29.1 Å². The topological polar surface area (TPSA) is 190 Å². The zero-order chi connectivity index (χ0) is 22.3. The summed E-state index contributed by atoms with van der Waals surface area (Å²) >= 11 is 2.29. The maximum atomic E-state index is 11.8. The lowest BCUT2D eigenvalue weighted by atomic mass is 10.5. The van der Waals surface area contributed by atoms with Crippen molar-refractivity contribution < 1.29 is 19.8 Å². The second kappa shape index (κ2) is 10.5. The number of carbonyl (C=O) groups is 2. The van der Waals surface area contributed by atoms with Crippen LogP contribution in [0.25, 0.3) is 0 Å². The Kier molecular flexibility index (Phi) is 8.06. The molecule has 0 fully saturated rings. The average Bonchev–Trinajstić information content (AvgIpc) is 2.64. The number of hydrogen-bond donors (Lipinski definition) is 6. The van der Waals surface area contributed by atoms with Crippen LogP contribution in [0.15, 0.2) is 32.1 Å². The monoisotopic (exact) mass is 454 g/mol. The normalized spacial score (nSPS) is 10.9. The highest BCUT2D eigenvalue weighted by Crippen LogP contribution is 2.21. The summed E-state index contributed by atoms with van der Waals surface area (Å²) in [4.78, 5) is 58.2. The highest BCUT2D eigenvalue weighted by Gasteiger charge is 2.13. The van der Waals surface area contributed by atoms with E-state index in [4.69, 9.17) is 0 Å². The van der Waals surface area contributed by atoms with Gasteiger partial charge in [-0.05, 0) is 0 Å². The predicted octanol–water partition coefficient (Wildman–Crippen LogP) is 0.622. The molecule has 12 nitrogen and oxygen atoms in total. The first-order valence-corrected chi connectivity index (χ1v) is 10.3. The minimum absolute atomic E-state index is 0.174. The van der Waals surface area contributed by atoms with Crippen molar-refractivity contribution in [1.82, 2.24) is 19.9 Å². The van der Waals surface area contributed by atoms with Crippen LogP contribution in [0.2, 0.25) is 0 Å². The molecule has 30 heavy (non-hydrogen) atoms. The number of carbonyl (C=O) groups excluding carboxylic acids is 2. The molecule has 0 unspecified atom stereocenters. The van der Waals surface area contributed by atoms with Crippen molar-refractivity contribution in [2.45, 2.75) is 24.2 Å². The number of thioether (sulfide) groups is 2. The summed E-state index contributed by atoms with van der Waals surface area (Å²) in [6.07, 6.45) is 3.53. The summed E-state index contributed by atoms with van der Waals surface area (Å²) in [5, 5.41) is 24.2. The third-order valence-corrected chi connectivity index (χ3v) is 4.81. The number of nitrogens with one attached hydrogen (secondary N) is 4. The predicted molar refractivity (Wildman–Crippen MR) is 112 cm³/mol. The first-order chi connectivity index (χ1) is 14.2.